The Labute approximate surface area is 230 Å². The van der Waals surface area contributed by atoms with Gasteiger partial charge >= 0.3 is 5.97 Å². The van der Waals surface area contributed by atoms with Gasteiger partial charge in [-0.2, -0.15) is 0 Å². The van der Waals surface area contributed by atoms with Crippen LogP contribution < -0.4 is 9.46 Å². The van der Waals surface area contributed by atoms with Gasteiger partial charge in [0, 0.05) is 21.7 Å². The van der Waals surface area contributed by atoms with Gasteiger partial charge in [0.25, 0.3) is 10.0 Å². The van der Waals surface area contributed by atoms with Gasteiger partial charge in [0.15, 0.2) is 5.82 Å². The lowest BCUT2D eigenvalue weighted by molar-refractivity contribution is -0.141. The molecule has 2 aromatic carbocycles. The highest BCUT2D eigenvalue weighted by atomic mass is 32.2. The van der Waals surface area contributed by atoms with Gasteiger partial charge in [0.2, 0.25) is 0 Å². The SMILES string of the molecule is COC(=O)C[C@@H]1N=C(c2ccc(NS(=O)(=O)c3ccc(OC)cc3)cc2)c2c(sc(C)c2C)-n2c(C)nnc21. The molecule has 0 radical (unpaired) electrons. The lowest BCUT2D eigenvalue weighted by atomic mass is 9.99. The highest BCUT2D eigenvalue weighted by molar-refractivity contribution is 7.92. The van der Waals surface area contributed by atoms with Crippen LogP contribution in [0.15, 0.2) is 58.4 Å². The Morgan fingerprint density at radius 2 is 1.72 bits per heavy atom. The number of ether oxygens (including phenoxy) is 2. The number of rotatable bonds is 7. The maximum atomic E-state index is 12.9. The maximum Gasteiger partial charge on any atom is 0.308 e. The van der Waals surface area contributed by atoms with Crippen LogP contribution in [0.2, 0.25) is 0 Å². The van der Waals surface area contributed by atoms with Crippen LogP contribution in [0.1, 0.15) is 45.7 Å². The van der Waals surface area contributed by atoms with Crippen LogP contribution in [0.25, 0.3) is 5.00 Å². The number of carbonyl (C=O) groups excluding carboxylic acids is 1. The molecule has 0 spiro atoms. The van der Waals surface area contributed by atoms with Crippen molar-refractivity contribution in [2.75, 3.05) is 18.9 Å². The van der Waals surface area contributed by atoms with Crippen LogP contribution in [0.4, 0.5) is 5.69 Å². The molecule has 0 fully saturated rings. The van der Waals surface area contributed by atoms with E-state index in [1.165, 1.54) is 26.4 Å². The number of sulfonamides is 1. The Morgan fingerprint density at radius 3 is 2.36 bits per heavy atom. The number of methoxy groups -OCH3 is 2. The monoisotopic (exact) mass is 565 g/mol. The highest BCUT2D eigenvalue weighted by Crippen LogP contribution is 2.39. The van der Waals surface area contributed by atoms with Crippen molar-refractivity contribution >= 4 is 38.7 Å². The minimum Gasteiger partial charge on any atom is -0.497 e. The van der Waals surface area contributed by atoms with Gasteiger partial charge in [-0.25, -0.2) is 8.42 Å². The molecule has 10 nitrogen and oxygen atoms in total. The number of aryl methyl sites for hydroxylation is 2. The van der Waals surface area contributed by atoms with Gasteiger partial charge in [-0.05, 0) is 62.7 Å². The molecule has 0 aliphatic carbocycles. The molecule has 0 saturated carbocycles. The summed E-state index contributed by atoms with van der Waals surface area (Å²) in [7, 11) is -0.933. The Hall–Kier alpha value is -4.03. The Kier molecular flexibility index (Phi) is 7.00. The minimum absolute atomic E-state index is 0.00481. The van der Waals surface area contributed by atoms with Crippen molar-refractivity contribution in [3.8, 4) is 10.8 Å². The lowest BCUT2D eigenvalue weighted by Gasteiger charge is -2.13. The fourth-order valence-corrected chi connectivity index (χ4v) is 6.70. The molecule has 0 bridgehead atoms. The quantitative estimate of drug-likeness (QED) is 0.327. The molecule has 4 aromatic rings. The number of esters is 1. The summed E-state index contributed by atoms with van der Waals surface area (Å²) < 4.78 is 40.5. The standard InChI is InChI=1S/C27H27N5O5S2/c1-15-16(2)38-27-24(15)25(28-22(14-23(33)37-5)26-30-29-17(3)32(26)27)18-6-8-19(9-7-18)31-39(34,35)21-12-10-20(36-4)11-13-21/h6-13,22,31H,14H2,1-5H3/t22-/m0/s1. The molecule has 2 aromatic heterocycles. The van der Waals surface area contributed by atoms with E-state index in [0.717, 1.165) is 26.6 Å². The summed E-state index contributed by atoms with van der Waals surface area (Å²) in [4.78, 5) is 18.6. The van der Waals surface area contributed by atoms with Crippen molar-refractivity contribution in [1.29, 1.82) is 0 Å². The first kappa shape index (κ1) is 26.6. The second-order valence-corrected chi connectivity index (χ2v) is 11.9. The number of aliphatic imine (C=N–C) groups is 1. The number of benzene rings is 2. The molecule has 1 aliphatic heterocycles. The molecule has 0 saturated heterocycles. The smallest absolute Gasteiger partial charge is 0.308 e. The minimum atomic E-state index is -3.80. The predicted octanol–water partition coefficient (Wildman–Crippen LogP) is 4.52. The number of nitrogens with one attached hydrogen (secondary N) is 1. The molecule has 0 amide bonds. The first-order valence-electron chi connectivity index (χ1n) is 12.1. The molecule has 0 unspecified atom stereocenters. The zero-order chi connectivity index (χ0) is 27.9. The van der Waals surface area contributed by atoms with Crippen LogP contribution in [0.5, 0.6) is 5.75 Å². The normalized spacial score (nSPS) is 14.6. The van der Waals surface area contributed by atoms with E-state index in [1.54, 1.807) is 35.6 Å². The summed E-state index contributed by atoms with van der Waals surface area (Å²) in [5.41, 5.74) is 3.86. The fraction of sp³-hybridized carbons (Fsp3) is 0.259. The Balaban J connectivity index is 1.55. The lowest BCUT2D eigenvalue weighted by Crippen LogP contribution is -2.13. The topological polar surface area (TPSA) is 125 Å². The van der Waals surface area contributed by atoms with Crippen LogP contribution in [-0.2, 0) is 19.6 Å². The van der Waals surface area contributed by atoms with E-state index >= 15 is 0 Å². The maximum absolute atomic E-state index is 12.9. The van der Waals surface area contributed by atoms with Crippen molar-refractivity contribution in [3.63, 3.8) is 0 Å². The number of nitrogens with zero attached hydrogens (tertiary/aromatic N) is 4. The van der Waals surface area contributed by atoms with Crippen LogP contribution in [-0.4, -0.2) is 49.1 Å². The summed E-state index contributed by atoms with van der Waals surface area (Å²) in [6.45, 7) is 5.96. The number of carbonyl (C=O) groups is 1. The first-order chi connectivity index (χ1) is 18.6. The summed E-state index contributed by atoms with van der Waals surface area (Å²) in [6, 6.07) is 12.6. The third kappa shape index (κ3) is 4.92. The number of hydrogen-bond acceptors (Lipinski definition) is 9. The number of anilines is 1. The zero-order valence-corrected chi connectivity index (χ0v) is 23.7. The molecule has 5 rings (SSSR count). The molecule has 1 aliphatic rings. The average molecular weight is 566 g/mol. The van der Waals surface area contributed by atoms with E-state index in [0.29, 0.717) is 28.8 Å². The number of thiophene rings is 1. The molecule has 202 valence electrons. The predicted molar refractivity (Wildman–Crippen MR) is 149 cm³/mol. The number of fused-ring (bicyclic) bond motifs is 3. The molecular formula is C27H27N5O5S2. The second-order valence-electron chi connectivity index (χ2n) is 9.04. The molecule has 1 N–H and O–H groups in total. The van der Waals surface area contributed by atoms with Gasteiger partial charge in [0.1, 0.15) is 22.6 Å². The van der Waals surface area contributed by atoms with Crippen molar-refractivity contribution < 1.29 is 22.7 Å². The van der Waals surface area contributed by atoms with Gasteiger partial charge in [-0.3, -0.25) is 19.1 Å². The third-order valence-electron chi connectivity index (χ3n) is 6.61. The molecule has 12 heteroatoms. The van der Waals surface area contributed by atoms with E-state index in [4.69, 9.17) is 14.5 Å². The molecule has 3 heterocycles. The van der Waals surface area contributed by atoms with Gasteiger partial charge in [-0.1, -0.05) is 12.1 Å². The van der Waals surface area contributed by atoms with Crippen molar-refractivity contribution in [3.05, 3.63) is 81.7 Å². The first-order valence-corrected chi connectivity index (χ1v) is 14.4. The summed E-state index contributed by atoms with van der Waals surface area (Å²) in [6.07, 6.45) is 0.00481. The van der Waals surface area contributed by atoms with Crippen LogP contribution >= 0.6 is 11.3 Å². The fourth-order valence-electron chi connectivity index (χ4n) is 4.43. The summed E-state index contributed by atoms with van der Waals surface area (Å²) >= 11 is 1.61. The summed E-state index contributed by atoms with van der Waals surface area (Å²) in [5, 5.41) is 9.56. The van der Waals surface area contributed by atoms with Crippen LogP contribution in [0, 0.1) is 20.8 Å². The number of hydrogen-bond donors (Lipinski definition) is 1. The van der Waals surface area contributed by atoms with Crippen molar-refractivity contribution in [2.24, 2.45) is 4.99 Å². The molecular weight excluding hydrogens is 538 g/mol. The third-order valence-corrected chi connectivity index (χ3v) is 9.20. The highest BCUT2D eigenvalue weighted by Gasteiger charge is 2.32. The largest absolute Gasteiger partial charge is 0.497 e. The average Bonchev–Trinajstić information content (AvgIpc) is 3.40. The molecule has 39 heavy (non-hydrogen) atoms. The van der Waals surface area contributed by atoms with Gasteiger partial charge in [0.05, 0.1) is 31.2 Å². The van der Waals surface area contributed by atoms with E-state index in [2.05, 4.69) is 21.8 Å². The van der Waals surface area contributed by atoms with E-state index in [9.17, 15) is 13.2 Å². The van der Waals surface area contributed by atoms with E-state index in [1.807, 2.05) is 30.5 Å². The van der Waals surface area contributed by atoms with E-state index in [-0.39, 0.29) is 11.3 Å². The Morgan fingerprint density at radius 1 is 1.03 bits per heavy atom. The number of aromatic nitrogens is 3. The second kappa shape index (κ2) is 10.3. The van der Waals surface area contributed by atoms with E-state index < -0.39 is 22.0 Å². The molecule has 1 atom stereocenters. The van der Waals surface area contributed by atoms with Gasteiger partial charge < -0.3 is 9.47 Å². The summed E-state index contributed by atoms with van der Waals surface area (Å²) in [5.74, 6) is 1.43. The zero-order valence-electron chi connectivity index (χ0n) is 22.0. The van der Waals surface area contributed by atoms with Crippen molar-refractivity contribution in [1.82, 2.24) is 14.8 Å². The Bertz CT molecular complexity index is 1690. The van der Waals surface area contributed by atoms with Gasteiger partial charge in [-0.15, -0.1) is 21.5 Å². The van der Waals surface area contributed by atoms with Crippen LogP contribution in [0.3, 0.4) is 0 Å². The van der Waals surface area contributed by atoms with Crippen molar-refractivity contribution in [2.45, 2.75) is 38.1 Å².